The highest BCUT2D eigenvalue weighted by Gasteiger charge is 2.42. The standard InChI is InChI=1S/C19H17O3Si/c1-21-17-11-7-6-10-16(17)19(12-13-23,18(20)22-2)14-15-8-4-3-5-9-15/h3-11H,14H2,1-2H3. The van der Waals surface area contributed by atoms with Crippen LogP contribution in [0.25, 0.3) is 0 Å². The molecule has 4 heteroatoms. The van der Waals surface area contributed by atoms with Gasteiger partial charge in [-0.05, 0) is 11.6 Å². The maximum Gasteiger partial charge on any atom is 0.329 e. The Labute approximate surface area is 140 Å². The van der Waals surface area contributed by atoms with Crippen LogP contribution in [0.2, 0.25) is 0 Å². The summed E-state index contributed by atoms with van der Waals surface area (Å²) < 4.78 is 10.5. The van der Waals surface area contributed by atoms with Gasteiger partial charge in [0.15, 0.2) is 5.41 Å². The van der Waals surface area contributed by atoms with Gasteiger partial charge >= 0.3 is 5.97 Å². The third kappa shape index (κ3) is 3.46. The summed E-state index contributed by atoms with van der Waals surface area (Å²) in [5, 5.41) is 0. The first kappa shape index (κ1) is 16.9. The largest absolute Gasteiger partial charge is 0.496 e. The molecule has 2 aromatic rings. The summed E-state index contributed by atoms with van der Waals surface area (Å²) in [4.78, 5) is 12.7. The third-order valence-corrected chi connectivity index (χ3v) is 3.81. The molecule has 0 aliphatic rings. The number of carbonyl (C=O) groups excluding carboxylic acids is 1. The number of hydrogen-bond donors (Lipinski definition) is 0. The van der Waals surface area contributed by atoms with Gasteiger partial charge in [0, 0.05) is 12.0 Å². The summed E-state index contributed by atoms with van der Waals surface area (Å²) in [5.74, 6) is 3.18. The number of esters is 1. The number of benzene rings is 2. The molecule has 2 rings (SSSR count). The minimum atomic E-state index is -1.15. The van der Waals surface area contributed by atoms with E-state index >= 15 is 0 Å². The van der Waals surface area contributed by atoms with Crippen LogP contribution < -0.4 is 4.74 Å². The highest BCUT2D eigenvalue weighted by atomic mass is 28.1. The molecule has 0 N–H and O–H groups in total. The van der Waals surface area contributed by atoms with E-state index in [9.17, 15) is 4.79 Å². The zero-order valence-electron chi connectivity index (χ0n) is 13.1. The molecule has 0 aromatic heterocycles. The van der Waals surface area contributed by atoms with Gasteiger partial charge in [0.1, 0.15) is 16.0 Å². The predicted molar refractivity (Wildman–Crippen MR) is 90.4 cm³/mol. The number of methoxy groups -OCH3 is 2. The molecule has 0 heterocycles. The topological polar surface area (TPSA) is 35.5 Å². The second-order valence-electron chi connectivity index (χ2n) is 5.01. The fourth-order valence-corrected chi connectivity index (χ4v) is 2.83. The Morgan fingerprint density at radius 2 is 1.74 bits per heavy atom. The van der Waals surface area contributed by atoms with Crippen molar-refractivity contribution in [3.8, 4) is 17.2 Å². The summed E-state index contributed by atoms with van der Waals surface area (Å²) in [6.07, 6.45) is 0.387. The van der Waals surface area contributed by atoms with E-state index in [-0.39, 0.29) is 0 Å². The molecule has 0 aliphatic heterocycles. The van der Waals surface area contributed by atoms with Crippen LogP contribution in [-0.2, 0) is 21.4 Å². The number of para-hydroxylation sites is 1. The van der Waals surface area contributed by atoms with Crippen molar-refractivity contribution in [2.24, 2.45) is 0 Å². The smallest absolute Gasteiger partial charge is 0.329 e. The first-order valence-corrected chi connectivity index (χ1v) is 7.62. The molecule has 0 saturated carbocycles. The molecule has 0 saturated heterocycles. The normalized spacial score (nSPS) is 12.5. The van der Waals surface area contributed by atoms with E-state index in [1.165, 1.54) is 7.11 Å². The number of rotatable bonds is 5. The monoisotopic (exact) mass is 321 g/mol. The lowest BCUT2D eigenvalue weighted by molar-refractivity contribution is -0.145. The zero-order valence-corrected chi connectivity index (χ0v) is 14.1. The minimum Gasteiger partial charge on any atom is -0.496 e. The summed E-state index contributed by atoms with van der Waals surface area (Å²) >= 11 is 0. The maximum atomic E-state index is 12.7. The molecule has 1 atom stereocenters. The van der Waals surface area contributed by atoms with Crippen molar-refractivity contribution < 1.29 is 14.3 Å². The van der Waals surface area contributed by atoms with E-state index < -0.39 is 11.4 Å². The fraction of sp³-hybridized carbons (Fsp3) is 0.211. The lowest BCUT2D eigenvalue weighted by atomic mass is 9.75. The van der Waals surface area contributed by atoms with Gasteiger partial charge in [-0.1, -0.05) is 54.5 Å². The van der Waals surface area contributed by atoms with Gasteiger partial charge in [0.2, 0.25) is 0 Å². The Morgan fingerprint density at radius 3 is 2.35 bits per heavy atom. The van der Waals surface area contributed by atoms with Crippen molar-refractivity contribution in [1.29, 1.82) is 0 Å². The van der Waals surface area contributed by atoms with Crippen molar-refractivity contribution in [1.82, 2.24) is 0 Å². The Morgan fingerprint density at radius 1 is 1.09 bits per heavy atom. The number of hydrogen-bond acceptors (Lipinski definition) is 3. The average Bonchev–Trinajstić information content (AvgIpc) is 2.61. The van der Waals surface area contributed by atoms with Gasteiger partial charge in [-0.3, -0.25) is 4.79 Å². The molecule has 23 heavy (non-hydrogen) atoms. The van der Waals surface area contributed by atoms with Gasteiger partial charge in [-0.15, -0.1) is 5.54 Å². The Bertz CT molecular complexity index is 731. The second kappa shape index (κ2) is 7.66. The van der Waals surface area contributed by atoms with Crippen molar-refractivity contribution in [2.75, 3.05) is 14.2 Å². The van der Waals surface area contributed by atoms with Crippen molar-refractivity contribution in [3.05, 3.63) is 65.7 Å². The Balaban J connectivity index is 2.66. The molecule has 2 aromatic carbocycles. The van der Waals surface area contributed by atoms with Crippen LogP contribution in [0.15, 0.2) is 54.6 Å². The van der Waals surface area contributed by atoms with Gasteiger partial charge in [0.25, 0.3) is 0 Å². The molecule has 1 unspecified atom stereocenters. The number of ether oxygens (including phenoxy) is 2. The number of carbonyl (C=O) groups is 1. The summed E-state index contributed by atoms with van der Waals surface area (Å²) in [6.45, 7) is 0. The zero-order chi connectivity index (χ0) is 16.7. The van der Waals surface area contributed by atoms with Crippen LogP contribution in [0.3, 0.4) is 0 Å². The van der Waals surface area contributed by atoms with E-state index in [1.54, 1.807) is 7.11 Å². The minimum absolute atomic E-state index is 0.387. The summed E-state index contributed by atoms with van der Waals surface area (Å²) in [7, 11) is 6.12. The van der Waals surface area contributed by atoms with Crippen molar-refractivity contribution in [2.45, 2.75) is 11.8 Å². The van der Waals surface area contributed by atoms with E-state index in [0.717, 1.165) is 5.56 Å². The van der Waals surface area contributed by atoms with Gasteiger partial charge in [0.05, 0.1) is 14.2 Å². The lowest BCUT2D eigenvalue weighted by Gasteiger charge is -2.28. The maximum absolute atomic E-state index is 12.7. The second-order valence-corrected chi connectivity index (χ2v) is 5.26. The molecule has 0 aliphatic carbocycles. The van der Waals surface area contributed by atoms with E-state index in [4.69, 9.17) is 9.47 Å². The Hall–Kier alpha value is -2.51. The SMILES string of the molecule is COC(=O)C(C#C[Si])(Cc1ccccc1)c1ccccc1OC. The van der Waals surface area contributed by atoms with Crippen LogP contribution in [0.5, 0.6) is 5.75 Å². The highest BCUT2D eigenvalue weighted by Crippen LogP contribution is 2.36. The fourth-order valence-electron chi connectivity index (χ4n) is 2.62. The highest BCUT2D eigenvalue weighted by molar-refractivity contribution is 6.22. The molecular formula is C19H17O3Si. The summed E-state index contributed by atoms with van der Waals surface area (Å²) in [5.41, 5.74) is 3.21. The third-order valence-electron chi connectivity index (χ3n) is 3.69. The molecular weight excluding hydrogens is 304 g/mol. The van der Waals surface area contributed by atoms with Crippen molar-refractivity contribution in [3.63, 3.8) is 0 Å². The first-order valence-electron chi connectivity index (χ1n) is 7.12. The average molecular weight is 321 g/mol. The van der Waals surface area contributed by atoms with Crippen LogP contribution >= 0.6 is 0 Å². The predicted octanol–water partition coefficient (Wildman–Crippen LogP) is 2.48. The van der Waals surface area contributed by atoms with Gasteiger partial charge in [-0.25, -0.2) is 0 Å². The van der Waals surface area contributed by atoms with Crippen LogP contribution in [0, 0.1) is 11.5 Å². The van der Waals surface area contributed by atoms with Crippen molar-refractivity contribution >= 4 is 16.2 Å². The van der Waals surface area contributed by atoms with E-state index in [0.29, 0.717) is 17.7 Å². The molecule has 115 valence electrons. The molecule has 0 spiro atoms. The quantitative estimate of drug-likeness (QED) is 0.482. The lowest BCUT2D eigenvalue weighted by Crippen LogP contribution is -2.38. The van der Waals surface area contributed by atoms with E-state index in [1.807, 2.05) is 54.6 Å². The first-order chi connectivity index (χ1) is 11.2. The van der Waals surface area contributed by atoms with Gasteiger partial charge in [-0.2, -0.15) is 0 Å². The molecule has 3 nitrogen and oxygen atoms in total. The van der Waals surface area contributed by atoms with E-state index in [2.05, 4.69) is 21.7 Å². The molecule has 3 radical (unpaired) electrons. The van der Waals surface area contributed by atoms with Crippen LogP contribution in [0.4, 0.5) is 0 Å². The molecule has 0 fully saturated rings. The van der Waals surface area contributed by atoms with Crippen LogP contribution in [0.1, 0.15) is 11.1 Å². The molecule has 0 amide bonds. The summed E-state index contributed by atoms with van der Waals surface area (Å²) in [6, 6.07) is 17.1. The van der Waals surface area contributed by atoms with Gasteiger partial charge < -0.3 is 9.47 Å². The van der Waals surface area contributed by atoms with Crippen LogP contribution in [-0.4, -0.2) is 30.4 Å². The Kier molecular flexibility index (Phi) is 5.61. The molecule has 0 bridgehead atoms.